The lowest BCUT2D eigenvalue weighted by molar-refractivity contribution is -0.119. The van der Waals surface area contributed by atoms with Crippen LogP contribution >= 0.6 is 0 Å². The first-order valence-electron chi connectivity index (χ1n) is 10.7. The van der Waals surface area contributed by atoms with Crippen molar-refractivity contribution in [2.75, 3.05) is 25.8 Å². The second kappa shape index (κ2) is 10.6. The lowest BCUT2D eigenvalue weighted by Gasteiger charge is -2.13. The van der Waals surface area contributed by atoms with E-state index in [4.69, 9.17) is 23.7 Å². The summed E-state index contributed by atoms with van der Waals surface area (Å²) in [5.74, 6) is 0.0440. The fourth-order valence-electron chi connectivity index (χ4n) is 3.39. The molecular formula is C26H23NO8. The van der Waals surface area contributed by atoms with Gasteiger partial charge >= 0.3 is 5.97 Å². The summed E-state index contributed by atoms with van der Waals surface area (Å²) in [6, 6.07) is 17.2. The summed E-state index contributed by atoms with van der Waals surface area (Å²) in [4.78, 5) is 36.9. The van der Waals surface area contributed by atoms with Crippen molar-refractivity contribution in [2.24, 2.45) is 0 Å². The molecule has 3 aromatic carbocycles. The van der Waals surface area contributed by atoms with Crippen LogP contribution < -0.4 is 24.3 Å². The van der Waals surface area contributed by atoms with E-state index in [0.717, 1.165) is 5.56 Å². The summed E-state index contributed by atoms with van der Waals surface area (Å²) >= 11 is 0. The number of nitrogens with one attached hydrogen (secondary N) is 1. The largest absolute Gasteiger partial charge is 0.493 e. The number of anilines is 1. The van der Waals surface area contributed by atoms with Crippen LogP contribution in [-0.2, 0) is 16.1 Å². The zero-order valence-electron chi connectivity index (χ0n) is 19.2. The molecule has 1 amide bonds. The number of hydrogen-bond acceptors (Lipinski definition) is 8. The van der Waals surface area contributed by atoms with Gasteiger partial charge in [0.2, 0.25) is 6.79 Å². The molecule has 9 nitrogen and oxygen atoms in total. The van der Waals surface area contributed by atoms with Gasteiger partial charge in [-0.1, -0.05) is 30.3 Å². The van der Waals surface area contributed by atoms with Crippen molar-refractivity contribution in [2.45, 2.75) is 13.5 Å². The number of carbonyl (C=O) groups is 3. The second-order valence-corrected chi connectivity index (χ2v) is 7.57. The number of hydrogen-bond donors (Lipinski definition) is 1. The minimum atomic E-state index is -0.717. The van der Waals surface area contributed by atoms with Gasteiger partial charge in [-0.05, 0) is 36.8 Å². The number of carbonyl (C=O) groups excluding carboxylic acids is 3. The molecule has 1 aliphatic rings. The predicted molar refractivity (Wildman–Crippen MR) is 125 cm³/mol. The third-order valence-electron chi connectivity index (χ3n) is 5.14. The Bertz CT molecular complexity index is 1260. The highest BCUT2D eigenvalue weighted by Crippen LogP contribution is 2.37. The van der Waals surface area contributed by atoms with E-state index in [9.17, 15) is 14.4 Å². The molecule has 4 rings (SSSR count). The normalized spacial score (nSPS) is 11.5. The number of amides is 1. The molecule has 0 unspecified atom stereocenters. The maximum absolute atomic E-state index is 12.5. The number of ether oxygens (including phenoxy) is 5. The van der Waals surface area contributed by atoms with Crippen molar-refractivity contribution in [3.05, 3.63) is 77.4 Å². The van der Waals surface area contributed by atoms with Gasteiger partial charge in [-0.3, -0.25) is 9.59 Å². The first-order chi connectivity index (χ1) is 16.9. The Kier molecular flexibility index (Phi) is 7.15. The summed E-state index contributed by atoms with van der Waals surface area (Å²) in [7, 11) is 1.46. The SMILES string of the molecule is COc1cc(C(=O)OCC(=O)Nc2cc3c(cc2C(C)=O)OCO3)ccc1OCc1ccccc1. The van der Waals surface area contributed by atoms with Crippen LogP contribution in [0.4, 0.5) is 5.69 Å². The van der Waals surface area contributed by atoms with Crippen LogP contribution in [0.15, 0.2) is 60.7 Å². The van der Waals surface area contributed by atoms with Crippen molar-refractivity contribution in [3.8, 4) is 23.0 Å². The maximum Gasteiger partial charge on any atom is 0.338 e. The molecule has 1 N–H and O–H groups in total. The zero-order chi connectivity index (χ0) is 24.8. The standard InChI is InChI=1S/C26H23NO8/c1-16(28)19-11-23-24(35-15-34-23)12-20(19)27-25(29)14-33-26(30)18-8-9-21(22(10-18)31-2)32-13-17-6-4-3-5-7-17/h3-12H,13-15H2,1-2H3,(H,27,29). The predicted octanol–water partition coefficient (Wildman–Crippen LogP) is 4.00. The van der Waals surface area contributed by atoms with E-state index in [0.29, 0.717) is 29.6 Å². The van der Waals surface area contributed by atoms with Crippen LogP contribution in [-0.4, -0.2) is 38.2 Å². The van der Waals surface area contributed by atoms with Crippen molar-refractivity contribution in [1.82, 2.24) is 0 Å². The first-order valence-corrected chi connectivity index (χ1v) is 10.7. The second-order valence-electron chi connectivity index (χ2n) is 7.57. The van der Waals surface area contributed by atoms with Crippen molar-refractivity contribution >= 4 is 23.3 Å². The van der Waals surface area contributed by atoms with E-state index in [-0.39, 0.29) is 29.4 Å². The van der Waals surface area contributed by atoms with Gasteiger partial charge in [-0.2, -0.15) is 0 Å². The maximum atomic E-state index is 12.5. The Morgan fingerprint density at radius 2 is 1.69 bits per heavy atom. The lowest BCUT2D eigenvalue weighted by Crippen LogP contribution is -2.22. The van der Waals surface area contributed by atoms with Crippen LogP contribution in [0.25, 0.3) is 0 Å². The molecule has 3 aromatic rings. The van der Waals surface area contributed by atoms with E-state index in [1.54, 1.807) is 6.07 Å². The third kappa shape index (κ3) is 5.70. The molecule has 0 saturated carbocycles. The number of methoxy groups -OCH3 is 1. The average Bonchev–Trinajstić information content (AvgIpc) is 3.33. The number of fused-ring (bicyclic) bond motifs is 1. The van der Waals surface area contributed by atoms with Crippen LogP contribution in [0.5, 0.6) is 23.0 Å². The molecule has 0 atom stereocenters. The number of benzene rings is 3. The number of Topliss-reactive ketones (excluding diaryl/α,β-unsaturated/α-hetero) is 1. The highest BCUT2D eigenvalue weighted by molar-refractivity contribution is 6.05. The summed E-state index contributed by atoms with van der Waals surface area (Å²) in [6.07, 6.45) is 0. The van der Waals surface area contributed by atoms with Gasteiger partial charge < -0.3 is 29.0 Å². The van der Waals surface area contributed by atoms with Crippen LogP contribution in [0.2, 0.25) is 0 Å². The Morgan fingerprint density at radius 3 is 2.40 bits per heavy atom. The summed E-state index contributed by atoms with van der Waals surface area (Å²) in [6.45, 7) is 1.18. The van der Waals surface area contributed by atoms with Crippen molar-refractivity contribution in [1.29, 1.82) is 0 Å². The van der Waals surface area contributed by atoms with E-state index in [2.05, 4.69) is 5.32 Å². The van der Waals surface area contributed by atoms with E-state index >= 15 is 0 Å². The van der Waals surface area contributed by atoms with Crippen LogP contribution in [0, 0.1) is 0 Å². The molecule has 1 aliphatic heterocycles. The van der Waals surface area contributed by atoms with Gasteiger partial charge in [0.05, 0.1) is 18.4 Å². The molecule has 0 spiro atoms. The number of esters is 1. The van der Waals surface area contributed by atoms with E-state index in [1.165, 1.54) is 38.3 Å². The molecular weight excluding hydrogens is 454 g/mol. The fraction of sp³-hybridized carbons (Fsp3) is 0.192. The quantitative estimate of drug-likeness (QED) is 0.364. The molecule has 0 fully saturated rings. The molecule has 0 radical (unpaired) electrons. The van der Waals surface area contributed by atoms with Crippen LogP contribution in [0.3, 0.4) is 0 Å². The highest BCUT2D eigenvalue weighted by atomic mass is 16.7. The summed E-state index contributed by atoms with van der Waals surface area (Å²) in [5.41, 5.74) is 1.67. The van der Waals surface area contributed by atoms with E-state index < -0.39 is 18.5 Å². The van der Waals surface area contributed by atoms with Crippen LogP contribution in [0.1, 0.15) is 33.2 Å². The molecule has 0 bridgehead atoms. The Balaban J connectivity index is 1.37. The highest BCUT2D eigenvalue weighted by Gasteiger charge is 2.21. The molecule has 1 heterocycles. The van der Waals surface area contributed by atoms with Crippen molar-refractivity contribution in [3.63, 3.8) is 0 Å². The molecule has 35 heavy (non-hydrogen) atoms. The summed E-state index contributed by atoms with van der Waals surface area (Å²) in [5, 5.41) is 2.58. The molecule has 0 aliphatic carbocycles. The van der Waals surface area contributed by atoms with Gasteiger partial charge in [-0.15, -0.1) is 0 Å². The molecule has 0 aromatic heterocycles. The lowest BCUT2D eigenvalue weighted by atomic mass is 10.1. The first kappa shape index (κ1) is 23.6. The monoisotopic (exact) mass is 477 g/mol. The number of ketones is 1. The minimum Gasteiger partial charge on any atom is -0.493 e. The zero-order valence-corrected chi connectivity index (χ0v) is 19.2. The fourth-order valence-corrected chi connectivity index (χ4v) is 3.39. The Labute approximate surface area is 201 Å². The topological polar surface area (TPSA) is 109 Å². The van der Waals surface area contributed by atoms with Gasteiger partial charge in [0, 0.05) is 11.6 Å². The third-order valence-corrected chi connectivity index (χ3v) is 5.14. The van der Waals surface area contributed by atoms with Gasteiger partial charge in [0.1, 0.15) is 6.61 Å². The number of rotatable bonds is 9. The van der Waals surface area contributed by atoms with Gasteiger partial charge in [0.25, 0.3) is 5.91 Å². The summed E-state index contributed by atoms with van der Waals surface area (Å²) < 4.78 is 26.8. The Morgan fingerprint density at radius 1 is 0.943 bits per heavy atom. The average molecular weight is 477 g/mol. The Hall–Kier alpha value is -4.53. The molecule has 9 heteroatoms. The molecule has 180 valence electrons. The van der Waals surface area contributed by atoms with Gasteiger partial charge in [0.15, 0.2) is 35.4 Å². The van der Waals surface area contributed by atoms with Gasteiger partial charge in [-0.25, -0.2) is 4.79 Å². The smallest absolute Gasteiger partial charge is 0.338 e. The molecule has 0 saturated heterocycles. The van der Waals surface area contributed by atoms with Crippen molar-refractivity contribution < 1.29 is 38.1 Å². The minimum absolute atomic E-state index is 0.0290. The van der Waals surface area contributed by atoms with E-state index in [1.807, 2.05) is 30.3 Å².